The molecule has 1 aromatic heterocycles. The fraction of sp³-hybridized carbons (Fsp3) is 0.600. The Balaban J connectivity index is 1.53. The van der Waals surface area contributed by atoms with E-state index < -0.39 is 6.04 Å². The second-order valence-electron chi connectivity index (χ2n) is 7.36. The van der Waals surface area contributed by atoms with Gasteiger partial charge in [-0.3, -0.25) is 24.7 Å². The molecule has 1 fully saturated rings. The van der Waals surface area contributed by atoms with Crippen molar-refractivity contribution in [1.29, 1.82) is 0 Å². The number of hydrogen-bond acceptors (Lipinski definition) is 5. The zero-order valence-corrected chi connectivity index (χ0v) is 15.7. The van der Waals surface area contributed by atoms with Crippen LogP contribution < -0.4 is 11.1 Å². The highest BCUT2D eigenvalue weighted by molar-refractivity contribution is 6.05. The monoisotopic (exact) mass is 372 g/mol. The van der Waals surface area contributed by atoms with Crippen LogP contribution >= 0.6 is 0 Å². The van der Waals surface area contributed by atoms with Gasteiger partial charge in [-0.2, -0.15) is 0 Å². The summed E-state index contributed by atoms with van der Waals surface area (Å²) in [6.07, 6.45) is 8.54. The third kappa shape index (κ3) is 4.71. The Hall–Kier alpha value is -2.28. The first-order chi connectivity index (χ1) is 13.1. The van der Waals surface area contributed by atoms with Gasteiger partial charge in [-0.15, -0.1) is 0 Å². The average Bonchev–Trinajstić information content (AvgIpc) is 2.97. The van der Waals surface area contributed by atoms with Gasteiger partial charge < -0.3 is 10.6 Å². The maximum absolute atomic E-state index is 12.6. The van der Waals surface area contributed by atoms with Crippen LogP contribution in [-0.4, -0.2) is 40.2 Å². The number of piperidine rings is 1. The molecule has 0 bridgehead atoms. The fourth-order valence-corrected chi connectivity index (χ4v) is 3.78. The van der Waals surface area contributed by atoms with Crippen LogP contribution in [0.3, 0.4) is 0 Å². The van der Waals surface area contributed by atoms with Gasteiger partial charge in [0.25, 0.3) is 5.91 Å². The van der Waals surface area contributed by atoms with Gasteiger partial charge in [0.15, 0.2) is 0 Å². The number of unbranched alkanes of at least 4 members (excludes halogenated alkanes) is 5. The van der Waals surface area contributed by atoms with Gasteiger partial charge in [0.1, 0.15) is 6.04 Å². The number of nitrogens with one attached hydrogen (secondary N) is 1. The number of fused-ring (bicyclic) bond motifs is 1. The van der Waals surface area contributed by atoms with Gasteiger partial charge >= 0.3 is 0 Å². The van der Waals surface area contributed by atoms with Crippen molar-refractivity contribution in [3.8, 4) is 0 Å². The zero-order chi connectivity index (χ0) is 19.2. The molecule has 3 N–H and O–H groups in total. The van der Waals surface area contributed by atoms with E-state index in [9.17, 15) is 14.4 Å². The number of carbonyl (C=O) groups is 3. The molecular weight excluding hydrogens is 344 g/mol. The van der Waals surface area contributed by atoms with Crippen LogP contribution in [0.4, 0.5) is 0 Å². The average molecular weight is 372 g/mol. The standard InChI is InChI=1S/C20H28N4O3/c21-12-6-4-2-1-3-5-7-14-8-9-15-16(22-14)13-24(20(15)27)17-10-11-18(25)23-19(17)26/h8-9,17H,1-7,10-13,21H2,(H,23,25,26). The molecule has 0 radical (unpaired) electrons. The van der Waals surface area contributed by atoms with Crippen LogP contribution in [0.2, 0.25) is 0 Å². The van der Waals surface area contributed by atoms with Crippen molar-refractivity contribution in [2.75, 3.05) is 6.54 Å². The number of carbonyl (C=O) groups excluding carboxylic acids is 3. The van der Waals surface area contributed by atoms with E-state index >= 15 is 0 Å². The molecule has 27 heavy (non-hydrogen) atoms. The summed E-state index contributed by atoms with van der Waals surface area (Å²) in [5.74, 6) is -0.829. The summed E-state index contributed by atoms with van der Waals surface area (Å²) >= 11 is 0. The van der Waals surface area contributed by atoms with Gasteiger partial charge in [0, 0.05) is 12.1 Å². The topological polar surface area (TPSA) is 105 Å². The third-order valence-corrected chi connectivity index (χ3v) is 5.32. The van der Waals surface area contributed by atoms with Gasteiger partial charge in [-0.1, -0.05) is 25.7 Å². The van der Waals surface area contributed by atoms with Crippen molar-refractivity contribution in [1.82, 2.24) is 15.2 Å². The lowest BCUT2D eigenvalue weighted by Gasteiger charge is -2.29. The Morgan fingerprint density at radius 2 is 1.81 bits per heavy atom. The lowest BCUT2D eigenvalue weighted by atomic mass is 10.0. The van der Waals surface area contributed by atoms with Crippen molar-refractivity contribution in [3.05, 3.63) is 29.1 Å². The summed E-state index contributed by atoms with van der Waals surface area (Å²) in [5, 5.41) is 2.32. The Bertz CT molecular complexity index is 719. The number of nitrogens with zero attached hydrogens (tertiary/aromatic N) is 2. The summed E-state index contributed by atoms with van der Waals surface area (Å²) in [6.45, 7) is 1.11. The van der Waals surface area contributed by atoms with Gasteiger partial charge in [0.2, 0.25) is 11.8 Å². The molecule has 0 saturated carbocycles. The Morgan fingerprint density at radius 3 is 2.56 bits per heavy atom. The molecule has 3 amide bonds. The van der Waals surface area contributed by atoms with E-state index in [0.717, 1.165) is 37.2 Å². The van der Waals surface area contributed by atoms with Crippen LogP contribution in [0.15, 0.2) is 12.1 Å². The van der Waals surface area contributed by atoms with Gasteiger partial charge in [-0.05, 0) is 44.4 Å². The summed E-state index contributed by atoms with van der Waals surface area (Å²) in [7, 11) is 0. The minimum atomic E-state index is -0.582. The quantitative estimate of drug-likeness (QED) is 0.507. The maximum atomic E-state index is 12.6. The predicted octanol–water partition coefficient (Wildman–Crippen LogP) is 1.68. The van der Waals surface area contributed by atoms with Crippen molar-refractivity contribution in [2.24, 2.45) is 5.73 Å². The van der Waals surface area contributed by atoms with E-state index in [1.807, 2.05) is 12.1 Å². The lowest BCUT2D eigenvalue weighted by Crippen LogP contribution is -2.52. The first kappa shape index (κ1) is 19.5. The smallest absolute Gasteiger partial charge is 0.256 e. The molecular formula is C20H28N4O3. The third-order valence-electron chi connectivity index (χ3n) is 5.32. The van der Waals surface area contributed by atoms with Crippen molar-refractivity contribution < 1.29 is 14.4 Å². The minimum absolute atomic E-state index is 0.168. The van der Waals surface area contributed by atoms with Crippen LogP contribution in [0.5, 0.6) is 0 Å². The summed E-state index contributed by atoms with van der Waals surface area (Å²) in [6, 6.07) is 3.16. The van der Waals surface area contributed by atoms with Crippen LogP contribution in [0, 0.1) is 0 Å². The lowest BCUT2D eigenvalue weighted by molar-refractivity contribution is -0.136. The van der Waals surface area contributed by atoms with E-state index in [-0.39, 0.29) is 24.1 Å². The Morgan fingerprint density at radius 1 is 1.07 bits per heavy atom. The minimum Gasteiger partial charge on any atom is -0.330 e. The Kier molecular flexibility index (Phi) is 6.55. The predicted molar refractivity (Wildman–Crippen MR) is 101 cm³/mol. The zero-order valence-electron chi connectivity index (χ0n) is 15.7. The number of nitrogens with two attached hydrogens (primary N) is 1. The van der Waals surface area contributed by atoms with E-state index in [1.54, 1.807) is 4.90 Å². The van der Waals surface area contributed by atoms with Crippen molar-refractivity contribution >= 4 is 17.7 Å². The highest BCUT2D eigenvalue weighted by Gasteiger charge is 2.39. The first-order valence-electron chi connectivity index (χ1n) is 9.93. The molecule has 3 rings (SSSR count). The number of amides is 3. The van der Waals surface area contributed by atoms with Crippen LogP contribution in [0.25, 0.3) is 0 Å². The number of imide groups is 1. The number of aryl methyl sites for hydroxylation is 1. The second-order valence-corrected chi connectivity index (χ2v) is 7.36. The number of hydrogen-bond donors (Lipinski definition) is 2. The summed E-state index contributed by atoms with van der Waals surface area (Å²) < 4.78 is 0. The highest BCUT2D eigenvalue weighted by atomic mass is 16.2. The van der Waals surface area contributed by atoms with E-state index in [2.05, 4.69) is 10.3 Å². The Labute approximate surface area is 159 Å². The summed E-state index contributed by atoms with van der Waals surface area (Å²) in [4.78, 5) is 42.2. The molecule has 2 aliphatic heterocycles. The second kappa shape index (κ2) is 9.08. The molecule has 0 aliphatic carbocycles. The van der Waals surface area contributed by atoms with Crippen molar-refractivity contribution in [3.63, 3.8) is 0 Å². The molecule has 1 atom stereocenters. The molecule has 1 saturated heterocycles. The highest BCUT2D eigenvalue weighted by Crippen LogP contribution is 2.26. The van der Waals surface area contributed by atoms with Crippen molar-refractivity contribution in [2.45, 2.75) is 70.4 Å². The first-order valence-corrected chi connectivity index (χ1v) is 9.93. The molecule has 1 unspecified atom stereocenters. The van der Waals surface area contributed by atoms with Gasteiger partial charge in [0.05, 0.1) is 17.8 Å². The number of pyridine rings is 1. The number of aromatic nitrogens is 1. The molecule has 146 valence electrons. The maximum Gasteiger partial charge on any atom is 0.256 e. The normalized spacial score (nSPS) is 19.4. The SMILES string of the molecule is NCCCCCCCCc1ccc2c(n1)CN(C1CCC(=O)NC1=O)C2=O. The molecule has 7 nitrogen and oxygen atoms in total. The fourth-order valence-electron chi connectivity index (χ4n) is 3.78. The van der Waals surface area contributed by atoms with Crippen LogP contribution in [-0.2, 0) is 22.6 Å². The number of rotatable bonds is 9. The molecule has 3 heterocycles. The largest absolute Gasteiger partial charge is 0.330 e. The van der Waals surface area contributed by atoms with E-state index in [0.29, 0.717) is 18.5 Å². The molecule has 2 aliphatic rings. The van der Waals surface area contributed by atoms with E-state index in [1.165, 1.54) is 25.7 Å². The van der Waals surface area contributed by atoms with Crippen LogP contribution in [0.1, 0.15) is 73.1 Å². The molecule has 0 aromatic carbocycles. The van der Waals surface area contributed by atoms with E-state index in [4.69, 9.17) is 5.73 Å². The molecule has 7 heteroatoms. The molecule has 1 aromatic rings. The summed E-state index contributed by atoms with van der Waals surface area (Å²) in [5.41, 5.74) is 7.81. The molecule has 0 spiro atoms. The van der Waals surface area contributed by atoms with Gasteiger partial charge in [-0.25, -0.2) is 0 Å².